The third kappa shape index (κ3) is 3.93. The summed E-state index contributed by atoms with van der Waals surface area (Å²) in [4.78, 5) is 24.6. The number of methoxy groups -OCH3 is 2. The van der Waals surface area contributed by atoms with Crippen molar-refractivity contribution in [1.82, 2.24) is 0 Å². The Bertz CT molecular complexity index is 848. The van der Waals surface area contributed by atoms with Crippen LogP contribution in [0.15, 0.2) is 34.4 Å². The van der Waals surface area contributed by atoms with Crippen molar-refractivity contribution < 1.29 is 36.8 Å². The number of carbonyl (C=O) groups is 2. The first-order valence-corrected chi connectivity index (χ1v) is 8.54. The molecule has 0 spiro atoms. The van der Waals surface area contributed by atoms with Crippen LogP contribution in [0.4, 0.5) is 5.69 Å². The lowest BCUT2D eigenvalue weighted by molar-refractivity contribution is -0.140. The molecular formula is C14H14ClNO8S. The van der Waals surface area contributed by atoms with E-state index in [2.05, 4.69) is 9.47 Å². The number of halogens is 1. The summed E-state index contributed by atoms with van der Waals surface area (Å²) < 4.78 is 47.3. The highest BCUT2D eigenvalue weighted by atomic mass is 35.5. The number of rotatable bonds is 4. The standard InChI is InChI=1S/C14H14ClNO8S/c1-22-13(17)9-6-24-7-16(12(9)14(18)23-2)10-4-3-8(15)5-11(10)25(19,20)21/h3-5H,6-7H2,1-2H3,(H,19,20,21). The van der Waals surface area contributed by atoms with E-state index in [1.54, 1.807) is 0 Å². The Balaban J connectivity index is 2.73. The van der Waals surface area contributed by atoms with E-state index in [9.17, 15) is 22.6 Å². The molecule has 0 aromatic heterocycles. The van der Waals surface area contributed by atoms with Gasteiger partial charge in [0.1, 0.15) is 17.3 Å². The maximum absolute atomic E-state index is 12.2. The van der Waals surface area contributed by atoms with Gasteiger partial charge in [-0.25, -0.2) is 9.59 Å². The number of carbonyl (C=O) groups excluding carboxylic acids is 2. The molecular weight excluding hydrogens is 378 g/mol. The molecule has 9 nitrogen and oxygen atoms in total. The van der Waals surface area contributed by atoms with E-state index >= 15 is 0 Å². The number of benzene rings is 1. The van der Waals surface area contributed by atoms with Gasteiger partial charge in [-0.3, -0.25) is 4.55 Å². The summed E-state index contributed by atoms with van der Waals surface area (Å²) in [6.07, 6.45) is 0. The minimum atomic E-state index is -4.68. The second-order valence-corrected chi connectivity index (χ2v) is 6.63. The van der Waals surface area contributed by atoms with Gasteiger partial charge < -0.3 is 19.1 Å². The van der Waals surface area contributed by atoms with E-state index < -0.39 is 27.0 Å². The lowest BCUT2D eigenvalue weighted by Crippen LogP contribution is -2.39. The van der Waals surface area contributed by atoms with Gasteiger partial charge in [0.25, 0.3) is 10.1 Å². The SMILES string of the molecule is COC(=O)C1=C(C(=O)OC)N(c2ccc(Cl)cc2S(=O)(=O)O)COC1. The van der Waals surface area contributed by atoms with E-state index in [0.717, 1.165) is 25.2 Å². The van der Waals surface area contributed by atoms with Crippen molar-refractivity contribution in [2.24, 2.45) is 0 Å². The van der Waals surface area contributed by atoms with E-state index in [1.165, 1.54) is 12.1 Å². The highest BCUT2D eigenvalue weighted by Crippen LogP contribution is 2.33. The van der Waals surface area contributed by atoms with Crippen molar-refractivity contribution in [2.45, 2.75) is 4.90 Å². The van der Waals surface area contributed by atoms with Crippen LogP contribution in [-0.4, -0.2) is 52.5 Å². The van der Waals surface area contributed by atoms with Crippen LogP contribution in [0.2, 0.25) is 5.02 Å². The molecule has 1 heterocycles. The fourth-order valence-corrected chi connectivity index (χ4v) is 3.21. The molecule has 25 heavy (non-hydrogen) atoms. The van der Waals surface area contributed by atoms with E-state index in [4.69, 9.17) is 16.3 Å². The minimum Gasteiger partial charge on any atom is -0.466 e. The summed E-state index contributed by atoms with van der Waals surface area (Å²) in [7, 11) is -2.46. The fourth-order valence-electron chi connectivity index (χ4n) is 2.25. The van der Waals surface area contributed by atoms with Crippen molar-refractivity contribution in [3.05, 3.63) is 34.5 Å². The molecule has 136 valence electrons. The lowest BCUT2D eigenvalue weighted by atomic mass is 10.1. The molecule has 0 radical (unpaired) electrons. The van der Waals surface area contributed by atoms with Crippen LogP contribution < -0.4 is 4.90 Å². The predicted octanol–water partition coefficient (Wildman–Crippen LogP) is 0.981. The summed E-state index contributed by atoms with van der Waals surface area (Å²) in [5.74, 6) is -1.74. The molecule has 0 aliphatic carbocycles. The van der Waals surface area contributed by atoms with Gasteiger partial charge in [-0.2, -0.15) is 8.42 Å². The number of hydrogen-bond donors (Lipinski definition) is 1. The Labute approximate surface area is 148 Å². The molecule has 0 saturated heterocycles. The predicted molar refractivity (Wildman–Crippen MR) is 85.6 cm³/mol. The smallest absolute Gasteiger partial charge is 0.355 e. The van der Waals surface area contributed by atoms with Gasteiger partial charge in [0.15, 0.2) is 0 Å². The van der Waals surface area contributed by atoms with Crippen LogP contribution in [0.25, 0.3) is 0 Å². The molecule has 0 amide bonds. The highest BCUT2D eigenvalue weighted by Gasteiger charge is 2.34. The topological polar surface area (TPSA) is 119 Å². The zero-order valence-electron chi connectivity index (χ0n) is 13.2. The summed E-state index contributed by atoms with van der Waals surface area (Å²) >= 11 is 5.79. The first-order chi connectivity index (χ1) is 11.7. The summed E-state index contributed by atoms with van der Waals surface area (Å²) in [5.41, 5.74) is -0.530. The van der Waals surface area contributed by atoms with Crippen molar-refractivity contribution in [2.75, 3.05) is 32.5 Å². The van der Waals surface area contributed by atoms with Gasteiger partial charge in [0, 0.05) is 5.02 Å². The third-order valence-electron chi connectivity index (χ3n) is 3.32. The summed E-state index contributed by atoms with van der Waals surface area (Å²) in [6.45, 7) is -0.502. The van der Waals surface area contributed by atoms with Gasteiger partial charge in [-0.05, 0) is 18.2 Å². The zero-order valence-corrected chi connectivity index (χ0v) is 14.8. The highest BCUT2D eigenvalue weighted by molar-refractivity contribution is 7.86. The second-order valence-electron chi connectivity index (χ2n) is 4.80. The number of nitrogens with zero attached hydrogens (tertiary/aromatic N) is 1. The molecule has 1 N–H and O–H groups in total. The van der Waals surface area contributed by atoms with Crippen molar-refractivity contribution >= 4 is 39.3 Å². The zero-order chi connectivity index (χ0) is 18.8. The van der Waals surface area contributed by atoms with Crippen LogP contribution in [-0.2, 0) is 33.9 Å². The molecule has 0 atom stereocenters. The molecule has 0 fully saturated rings. The first-order valence-electron chi connectivity index (χ1n) is 6.72. The largest absolute Gasteiger partial charge is 0.466 e. The molecule has 1 aromatic carbocycles. The number of hydrogen-bond acceptors (Lipinski definition) is 8. The van der Waals surface area contributed by atoms with Crippen LogP contribution in [0.1, 0.15) is 0 Å². The summed E-state index contributed by atoms with van der Waals surface area (Å²) in [6, 6.07) is 3.62. The van der Waals surface area contributed by atoms with Crippen molar-refractivity contribution in [3.8, 4) is 0 Å². The molecule has 11 heteroatoms. The second kappa shape index (κ2) is 7.40. The molecule has 1 aliphatic heterocycles. The minimum absolute atomic E-state index is 0.0473. The first kappa shape index (κ1) is 19.2. The fraction of sp³-hybridized carbons (Fsp3) is 0.286. The van der Waals surface area contributed by atoms with Gasteiger partial charge in [0.05, 0.1) is 32.1 Å². The van der Waals surface area contributed by atoms with E-state index in [-0.39, 0.29) is 35.3 Å². The normalized spacial score (nSPS) is 15.1. The van der Waals surface area contributed by atoms with Crippen molar-refractivity contribution in [3.63, 3.8) is 0 Å². The Kier molecular flexibility index (Phi) is 5.68. The molecule has 0 bridgehead atoms. The van der Waals surface area contributed by atoms with Crippen LogP contribution in [0, 0.1) is 0 Å². The van der Waals surface area contributed by atoms with Crippen LogP contribution in [0.3, 0.4) is 0 Å². The van der Waals surface area contributed by atoms with Gasteiger partial charge in [-0.15, -0.1) is 0 Å². The Hall–Kier alpha value is -2.14. The van der Waals surface area contributed by atoms with E-state index in [0.29, 0.717) is 0 Å². The monoisotopic (exact) mass is 391 g/mol. The summed E-state index contributed by atoms with van der Waals surface area (Å²) in [5, 5.41) is 0.0473. The molecule has 0 saturated carbocycles. The number of anilines is 1. The number of esters is 2. The van der Waals surface area contributed by atoms with Crippen LogP contribution in [0.5, 0.6) is 0 Å². The Morgan fingerprint density at radius 3 is 2.44 bits per heavy atom. The molecule has 1 aromatic rings. The van der Waals surface area contributed by atoms with Gasteiger partial charge >= 0.3 is 11.9 Å². The lowest BCUT2D eigenvalue weighted by Gasteiger charge is -2.32. The molecule has 0 unspecified atom stereocenters. The Morgan fingerprint density at radius 1 is 1.24 bits per heavy atom. The van der Waals surface area contributed by atoms with Crippen molar-refractivity contribution in [1.29, 1.82) is 0 Å². The maximum Gasteiger partial charge on any atom is 0.355 e. The third-order valence-corrected chi connectivity index (χ3v) is 4.44. The Morgan fingerprint density at radius 2 is 1.88 bits per heavy atom. The molecule has 2 rings (SSSR count). The van der Waals surface area contributed by atoms with Gasteiger partial charge in [0.2, 0.25) is 0 Å². The average Bonchev–Trinajstić information content (AvgIpc) is 2.58. The maximum atomic E-state index is 12.2. The molecule has 1 aliphatic rings. The van der Waals surface area contributed by atoms with E-state index in [1.807, 2.05) is 0 Å². The quantitative estimate of drug-likeness (QED) is 0.591. The number of ether oxygens (including phenoxy) is 3. The van der Waals surface area contributed by atoms with Crippen LogP contribution >= 0.6 is 11.6 Å². The van der Waals surface area contributed by atoms with Gasteiger partial charge in [-0.1, -0.05) is 11.6 Å². The average molecular weight is 392 g/mol.